The molecular weight excluding hydrogens is 633 g/mol. The first-order valence-electron chi connectivity index (χ1n) is 15.2. The summed E-state index contributed by atoms with van der Waals surface area (Å²) in [6.07, 6.45) is 2.49. The number of nitrogens with zero attached hydrogens (tertiary/aromatic N) is 1. The van der Waals surface area contributed by atoms with Gasteiger partial charge in [-0.15, -0.1) is 0 Å². The molecule has 44 heavy (non-hydrogen) atoms. The van der Waals surface area contributed by atoms with E-state index in [0.717, 1.165) is 22.3 Å². The van der Waals surface area contributed by atoms with E-state index in [2.05, 4.69) is 57.8 Å². The van der Waals surface area contributed by atoms with Crippen LogP contribution in [0.15, 0.2) is 102 Å². The molecule has 2 radical (unpaired) electrons. The molecule has 0 aromatic heterocycles. The summed E-state index contributed by atoms with van der Waals surface area (Å²) in [6.45, 7) is 4.47. The first-order valence-corrected chi connectivity index (χ1v) is 17.7. The van der Waals surface area contributed by atoms with E-state index in [-0.39, 0.29) is 28.0 Å². The third-order valence-electron chi connectivity index (χ3n) is 7.50. The van der Waals surface area contributed by atoms with Gasteiger partial charge in [0.25, 0.3) is 0 Å². The number of aliphatic hydroxyl groups is 1. The van der Waals surface area contributed by atoms with Crippen LogP contribution in [0.3, 0.4) is 0 Å². The van der Waals surface area contributed by atoms with Gasteiger partial charge in [0, 0.05) is 11.4 Å². The van der Waals surface area contributed by atoms with Crippen LogP contribution in [0.2, 0.25) is 4.71 Å². The van der Waals surface area contributed by atoms with Crippen molar-refractivity contribution >= 4 is 54.9 Å². The van der Waals surface area contributed by atoms with E-state index in [0.29, 0.717) is 38.8 Å². The van der Waals surface area contributed by atoms with E-state index in [1.807, 2.05) is 56.3 Å². The van der Waals surface area contributed by atoms with E-state index in [1.54, 1.807) is 24.3 Å². The first kappa shape index (κ1) is 33.7. The molecule has 0 heterocycles. The molecule has 2 atom stereocenters. The van der Waals surface area contributed by atoms with Gasteiger partial charge in [-0.3, -0.25) is 0 Å². The number of anilines is 2. The molecule has 0 aliphatic carbocycles. The van der Waals surface area contributed by atoms with Gasteiger partial charge < -0.3 is 5.32 Å². The maximum atomic E-state index is 13.7. The molecule has 0 aliphatic rings. The Labute approximate surface area is 270 Å². The number of fused-ring (bicyclic) bond motifs is 1. The molecule has 4 rings (SSSR count). The van der Waals surface area contributed by atoms with Crippen LogP contribution in [-0.4, -0.2) is 66.3 Å². The van der Waals surface area contributed by atoms with Crippen LogP contribution < -0.4 is 10.6 Å². The van der Waals surface area contributed by atoms with Crippen molar-refractivity contribution in [3.63, 3.8) is 0 Å². The minimum absolute atomic E-state index is 0.0221. The summed E-state index contributed by atoms with van der Waals surface area (Å²) < 4.78 is 28.7. The fraction of sp³-hybridized carbons (Fsp3) is 0.343. The van der Waals surface area contributed by atoms with Crippen molar-refractivity contribution in [2.75, 3.05) is 25.0 Å². The number of benzene rings is 4. The predicted molar refractivity (Wildman–Crippen MR) is 180 cm³/mol. The fourth-order valence-electron chi connectivity index (χ4n) is 5.18. The third-order valence-corrected chi connectivity index (χ3v) is 10.3. The molecule has 4 aromatic carbocycles. The van der Waals surface area contributed by atoms with Gasteiger partial charge in [-0.2, -0.15) is 0 Å². The van der Waals surface area contributed by atoms with Crippen molar-refractivity contribution in [1.82, 2.24) is 9.62 Å². The quantitative estimate of drug-likeness (QED) is 0.0989. The second kappa shape index (κ2) is 16.2. The fourth-order valence-corrected chi connectivity index (χ4v) is 7.62. The van der Waals surface area contributed by atoms with Crippen LogP contribution in [-0.2, 0) is 21.2 Å². The number of para-hydroxylation sites is 1. The molecule has 1 amide bonds. The predicted octanol–water partition coefficient (Wildman–Crippen LogP) is 6.08. The van der Waals surface area contributed by atoms with Gasteiger partial charge >= 0.3 is 212 Å². The third kappa shape index (κ3) is 9.42. The Hall–Kier alpha value is -3.16. The summed E-state index contributed by atoms with van der Waals surface area (Å²) in [5, 5.41) is 18.9. The molecule has 4 aromatic rings. The van der Waals surface area contributed by atoms with E-state index >= 15 is 0 Å². The Kier molecular flexibility index (Phi) is 12.4. The van der Waals surface area contributed by atoms with E-state index in [9.17, 15) is 18.3 Å². The average Bonchev–Trinajstić information content (AvgIpc) is 3.02. The average molecular weight is 676 g/mol. The molecule has 0 spiro atoms. The number of sulfonamides is 1. The second-order valence-electron chi connectivity index (χ2n) is 11.5. The van der Waals surface area contributed by atoms with Gasteiger partial charge in [0.05, 0.1) is 0 Å². The minimum atomic E-state index is -3.83. The van der Waals surface area contributed by atoms with Crippen LogP contribution in [0.25, 0.3) is 10.8 Å². The number of nitrogens with one attached hydrogen (secondary N) is 2. The van der Waals surface area contributed by atoms with E-state index < -0.39 is 16.1 Å². The number of hydrogen-bond donors (Lipinski definition) is 3. The smallest absolute Gasteiger partial charge is 0.356 e. The summed E-state index contributed by atoms with van der Waals surface area (Å²) in [6, 6.07) is 30.3. The topological polar surface area (TPSA) is 98.7 Å². The summed E-state index contributed by atoms with van der Waals surface area (Å²) >= 11 is 2.47. The number of aliphatic hydroxyl groups excluding tert-OH is 1. The van der Waals surface area contributed by atoms with Crippen LogP contribution in [0.5, 0.6) is 0 Å². The Morgan fingerprint density at radius 3 is 2.20 bits per heavy atom. The molecular formula is C35H42AsN3O4S. The number of carbonyl (C=O) groups is 1. The van der Waals surface area contributed by atoms with E-state index in [1.165, 1.54) is 9.69 Å². The zero-order chi connectivity index (χ0) is 31.5. The normalized spacial score (nSPS) is 13.2. The van der Waals surface area contributed by atoms with Crippen molar-refractivity contribution in [2.45, 2.75) is 55.2 Å². The number of rotatable bonds is 16. The first-order chi connectivity index (χ1) is 21.2. The molecule has 0 saturated carbocycles. The molecule has 0 aliphatic heterocycles. The van der Waals surface area contributed by atoms with Crippen LogP contribution in [0.1, 0.15) is 38.7 Å². The second-order valence-corrected chi connectivity index (χ2v) is 14.7. The Balaban J connectivity index is 1.29. The summed E-state index contributed by atoms with van der Waals surface area (Å²) in [5.74, 6) is 0.0606. The Morgan fingerprint density at radius 1 is 0.864 bits per heavy atom. The van der Waals surface area contributed by atoms with Crippen molar-refractivity contribution in [1.29, 1.82) is 0 Å². The molecule has 0 saturated heterocycles. The van der Waals surface area contributed by atoms with E-state index in [4.69, 9.17) is 0 Å². The minimum Gasteiger partial charge on any atom is -0.356 e. The van der Waals surface area contributed by atoms with Crippen LogP contribution >= 0.6 is 0 Å². The standard InChI is InChI=1S/C35H42AsN3O4S/c1-26(2)24-39(44(42,43)33-19-17-31(18-20-33)38-30-12-4-3-5-13-30)32(25-40)14-8-9-21-37-35(41)34(36)23-27-15-16-28-10-6-7-11-29(28)22-27/h3-7,10-13,15-20,22,26,32,34,38,40H,8-9,14,21,23-25H2,1-2H3,(H,37,41)/t32-,34-/m0/s1. The Morgan fingerprint density at radius 2 is 1.52 bits per heavy atom. The van der Waals surface area contributed by atoms with Crippen molar-refractivity contribution in [2.24, 2.45) is 5.92 Å². The summed E-state index contributed by atoms with van der Waals surface area (Å²) in [4.78, 5) is 12.9. The van der Waals surface area contributed by atoms with Crippen LogP contribution in [0, 0.1) is 5.92 Å². The Bertz CT molecular complexity index is 1600. The molecule has 7 nitrogen and oxygen atoms in total. The molecule has 3 N–H and O–H groups in total. The molecule has 0 bridgehead atoms. The van der Waals surface area contributed by atoms with Gasteiger partial charge in [-0.25, -0.2) is 0 Å². The summed E-state index contributed by atoms with van der Waals surface area (Å²) in [5.41, 5.74) is 2.82. The SMILES string of the molecule is CC(C)CN([C@H](CO)CCCCNC(=O)[C@@H]([As])Cc1ccc2ccccc2c1)S(=O)(=O)c1ccc(Nc2ccccc2)cc1. The van der Waals surface area contributed by atoms with Gasteiger partial charge in [0.15, 0.2) is 0 Å². The van der Waals surface area contributed by atoms with Gasteiger partial charge in [0.1, 0.15) is 0 Å². The number of hydrogen-bond acceptors (Lipinski definition) is 5. The van der Waals surface area contributed by atoms with Crippen molar-refractivity contribution in [3.8, 4) is 0 Å². The van der Waals surface area contributed by atoms with Gasteiger partial charge in [-0.1, -0.05) is 18.2 Å². The monoisotopic (exact) mass is 675 g/mol. The molecule has 0 unspecified atom stereocenters. The number of amides is 1. The molecule has 9 heteroatoms. The molecule has 232 valence electrons. The number of carbonyl (C=O) groups excluding carboxylic acids is 1. The van der Waals surface area contributed by atoms with Crippen molar-refractivity contribution in [3.05, 3.63) is 103 Å². The number of unbranched alkanes of at least 4 members (excludes halogenated alkanes) is 1. The van der Waals surface area contributed by atoms with Crippen molar-refractivity contribution < 1.29 is 18.3 Å². The molecule has 0 fully saturated rings. The summed E-state index contributed by atoms with van der Waals surface area (Å²) in [7, 11) is -3.83. The zero-order valence-corrected chi connectivity index (χ0v) is 28.1. The van der Waals surface area contributed by atoms with Gasteiger partial charge in [-0.05, 0) is 24.3 Å². The van der Waals surface area contributed by atoms with Crippen LogP contribution in [0.4, 0.5) is 11.4 Å². The maximum absolute atomic E-state index is 13.7. The van der Waals surface area contributed by atoms with Gasteiger partial charge in [0.2, 0.25) is 0 Å². The zero-order valence-electron chi connectivity index (χ0n) is 25.4.